The maximum absolute atomic E-state index is 14.0. The van der Waals surface area contributed by atoms with E-state index in [9.17, 15) is 9.18 Å². The maximum atomic E-state index is 14.0. The second kappa shape index (κ2) is 8.14. The summed E-state index contributed by atoms with van der Waals surface area (Å²) >= 11 is 0. The molecular weight excluding hydrogens is 321 g/mol. The number of amides is 1. The minimum atomic E-state index is -0.322. The number of hydrogen-bond donors (Lipinski definition) is 0. The highest BCUT2D eigenvalue weighted by Crippen LogP contribution is 2.13. The van der Waals surface area contributed by atoms with Gasteiger partial charge in [0, 0.05) is 24.7 Å². The van der Waals surface area contributed by atoms with Crippen molar-refractivity contribution in [2.24, 2.45) is 0 Å². The summed E-state index contributed by atoms with van der Waals surface area (Å²) < 4.78 is 15.6. The molecule has 0 saturated carbocycles. The lowest BCUT2D eigenvalue weighted by Gasteiger charge is -2.23. The third kappa shape index (κ3) is 4.69. The number of benzene rings is 1. The standard InChI is InChI=1S/C18H18FN5O/c19-17-7-2-1-5-15(17)11-23(12-16-6-3-4-9-21-16)18(25)8-10-24-14-20-13-22-24/h1-7,9,13-14H,8,10-12H2. The second-order valence-corrected chi connectivity index (χ2v) is 5.57. The SMILES string of the molecule is O=C(CCn1cncn1)N(Cc1ccccn1)Cc1ccccc1F. The average Bonchev–Trinajstić information content (AvgIpc) is 3.15. The van der Waals surface area contributed by atoms with E-state index in [0.717, 1.165) is 5.69 Å². The molecule has 128 valence electrons. The van der Waals surface area contributed by atoms with Crippen LogP contribution in [0.3, 0.4) is 0 Å². The molecule has 0 N–H and O–H groups in total. The fourth-order valence-electron chi connectivity index (χ4n) is 2.47. The molecule has 25 heavy (non-hydrogen) atoms. The van der Waals surface area contributed by atoms with Crippen molar-refractivity contribution < 1.29 is 9.18 Å². The van der Waals surface area contributed by atoms with E-state index in [2.05, 4.69) is 15.1 Å². The molecule has 2 aromatic heterocycles. The van der Waals surface area contributed by atoms with Crippen LogP contribution in [0.2, 0.25) is 0 Å². The summed E-state index contributed by atoms with van der Waals surface area (Å²) in [6, 6.07) is 12.0. The Labute approximate surface area is 145 Å². The van der Waals surface area contributed by atoms with Crippen molar-refractivity contribution in [1.29, 1.82) is 0 Å². The first kappa shape index (κ1) is 16.8. The van der Waals surface area contributed by atoms with Gasteiger partial charge >= 0.3 is 0 Å². The lowest BCUT2D eigenvalue weighted by molar-refractivity contribution is -0.132. The molecule has 0 aliphatic rings. The quantitative estimate of drug-likeness (QED) is 0.663. The van der Waals surface area contributed by atoms with E-state index in [-0.39, 0.29) is 24.7 Å². The number of carbonyl (C=O) groups excluding carboxylic acids is 1. The van der Waals surface area contributed by atoms with Gasteiger partial charge in [0.25, 0.3) is 0 Å². The Bertz CT molecular complexity index is 807. The number of aryl methyl sites for hydroxylation is 1. The predicted molar refractivity (Wildman–Crippen MR) is 89.5 cm³/mol. The summed E-state index contributed by atoms with van der Waals surface area (Å²) in [5.74, 6) is -0.415. The number of halogens is 1. The van der Waals surface area contributed by atoms with Crippen molar-refractivity contribution in [3.8, 4) is 0 Å². The van der Waals surface area contributed by atoms with Crippen LogP contribution in [0.5, 0.6) is 0 Å². The van der Waals surface area contributed by atoms with Crippen LogP contribution in [0, 0.1) is 5.82 Å². The number of pyridine rings is 1. The third-order valence-corrected chi connectivity index (χ3v) is 3.77. The van der Waals surface area contributed by atoms with Crippen LogP contribution in [0.4, 0.5) is 4.39 Å². The van der Waals surface area contributed by atoms with Gasteiger partial charge in [0.05, 0.1) is 18.8 Å². The van der Waals surface area contributed by atoms with Gasteiger partial charge in [-0.25, -0.2) is 9.37 Å². The lowest BCUT2D eigenvalue weighted by Crippen LogP contribution is -2.31. The zero-order valence-electron chi connectivity index (χ0n) is 13.6. The van der Waals surface area contributed by atoms with Crippen molar-refractivity contribution in [3.05, 3.63) is 78.4 Å². The largest absolute Gasteiger partial charge is 0.332 e. The molecule has 2 heterocycles. The maximum Gasteiger partial charge on any atom is 0.225 e. The van der Waals surface area contributed by atoms with Crippen LogP contribution >= 0.6 is 0 Å². The molecule has 3 aromatic rings. The summed E-state index contributed by atoms with van der Waals surface area (Å²) in [5.41, 5.74) is 1.24. The van der Waals surface area contributed by atoms with Crippen LogP contribution in [0.25, 0.3) is 0 Å². The molecule has 0 aliphatic heterocycles. The highest BCUT2D eigenvalue weighted by atomic mass is 19.1. The molecule has 0 radical (unpaired) electrons. The number of hydrogen-bond acceptors (Lipinski definition) is 4. The molecule has 0 bridgehead atoms. The summed E-state index contributed by atoms with van der Waals surface area (Å²) in [6.07, 6.45) is 4.92. The number of rotatable bonds is 7. The second-order valence-electron chi connectivity index (χ2n) is 5.57. The highest BCUT2D eigenvalue weighted by molar-refractivity contribution is 5.76. The Morgan fingerprint density at radius 1 is 1.12 bits per heavy atom. The minimum absolute atomic E-state index is 0.0931. The van der Waals surface area contributed by atoms with E-state index in [1.165, 1.54) is 12.4 Å². The molecule has 0 atom stereocenters. The molecule has 0 saturated heterocycles. The van der Waals surface area contributed by atoms with Crippen LogP contribution in [-0.4, -0.2) is 30.6 Å². The molecule has 0 aliphatic carbocycles. The van der Waals surface area contributed by atoms with E-state index in [1.807, 2.05) is 18.2 Å². The van der Waals surface area contributed by atoms with E-state index in [1.54, 1.807) is 40.3 Å². The first-order valence-electron chi connectivity index (χ1n) is 7.96. The van der Waals surface area contributed by atoms with Gasteiger partial charge in [0.2, 0.25) is 5.91 Å². The van der Waals surface area contributed by atoms with Crippen LogP contribution in [0.15, 0.2) is 61.3 Å². The van der Waals surface area contributed by atoms with E-state index in [0.29, 0.717) is 18.7 Å². The summed E-state index contributed by atoms with van der Waals surface area (Å²) in [7, 11) is 0. The molecule has 0 spiro atoms. The number of nitrogens with zero attached hydrogens (tertiary/aromatic N) is 5. The fraction of sp³-hybridized carbons (Fsp3) is 0.222. The molecule has 0 fully saturated rings. The zero-order chi connectivity index (χ0) is 17.5. The first-order chi connectivity index (χ1) is 12.2. The third-order valence-electron chi connectivity index (χ3n) is 3.77. The first-order valence-corrected chi connectivity index (χ1v) is 7.96. The summed E-state index contributed by atoms with van der Waals surface area (Å²) in [4.78, 5) is 22.4. The van der Waals surface area contributed by atoms with Crippen molar-refractivity contribution in [3.63, 3.8) is 0 Å². The van der Waals surface area contributed by atoms with Crippen LogP contribution in [0.1, 0.15) is 17.7 Å². The Kier molecular flexibility index (Phi) is 5.46. The Hall–Kier alpha value is -3.09. The molecule has 0 unspecified atom stereocenters. The molecule has 1 aromatic carbocycles. The molecule has 3 rings (SSSR count). The highest BCUT2D eigenvalue weighted by Gasteiger charge is 2.17. The van der Waals surface area contributed by atoms with Crippen LogP contribution in [-0.2, 0) is 24.4 Å². The molecule has 6 nitrogen and oxygen atoms in total. The van der Waals surface area contributed by atoms with Gasteiger partial charge in [-0.15, -0.1) is 0 Å². The zero-order valence-corrected chi connectivity index (χ0v) is 13.6. The van der Waals surface area contributed by atoms with Crippen molar-refractivity contribution in [2.75, 3.05) is 0 Å². The normalized spacial score (nSPS) is 10.6. The molecule has 7 heteroatoms. The monoisotopic (exact) mass is 339 g/mol. The van der Waals surface area contributed by atoms with Gasteiger partial charge < -0.3 is 4.90 Å². The predicted octanol–water partition coefficient (Wildman–Crippen LogP) is 2.43. The Balaban J connectivity index is 1.73. The van der Waals surface area contributed by atoms with Gasteiger partial charge in [0.15, 0.2) is 0 Å². The molecular formula is C18H18FN5O. The smallest absolute Gasteiger partial charge is 0.225 e. The van der Waals surface area contributed by atoms with E-state index in [4.69, 9.17) is 0 Å². The van der Waals surface area contributed by atoms with E-state index >= 15 is 0 Å². The number of carbonyl (C=O) groups is 1. The topological polar surface area (TPSA) is 63.9 Å². The van der Waals surface area contributed by atoms with Gasteiger partial charge in [-0.3, -0.25) is 14.5 Å². The van der Waals surface area contributed by atoms with Crippen LogP contribution < -0.4 is 0 Å². The lowest BCUT2D eigenvalue weighted by atomic mass is 10.2. The minimum Gasteiger partial charge on any atom is -0.332 e. The van der Waals surface area contributed by atoms with Crippen molar-refractivity contribution in [2.45, 2.75) is 26.1 Å². The number of aromatic nitrogens is 4. The fourth-order valence-corrected chi connectivity index (χ4v) is 2.47. The van der Waals surface area contributed by atoms with Gasteiger partial charge in [-0.2, -0.15) is 5.10 Å². The van der Waals surface area contributed by atoms with Gasteiger partial charge in [-0.1, -0.05) is 24.3 Å². The Morgan fingerprint density at radius 3 is 2.68 bits per heavy atom. The van der Waals surface area contributed by atoms with Crippen molar-refractivity contribution in [1.82, 2.24) is 24.6 Å². The molecule has 1 amide bonds. The average molecular weight is 339 g/mol. The van der Waals surface area contributed by atoms with E-state index < -0.39 is 0 Å². The Morgan fingerprint density at radius 2 is 1.96 bits per heavy atom. The van der Waals surface area contributed by atoms with Crippen molar-refractivity contribution >= 4 is 5.91 Å². The van der Waals surface area contributed by atoms with Gasteiger partial charge in [0.1, 0.15) is 18.5 Å². The summed E-state index contributed by atoms with van der Waals surface area (Å²) in [5, 5.41) is 3.99. The summed E-state index contributed by atoms with van der Waals surface area (Å²) in [6.45, 7) is 0.944. The van der Waals surface area contributed by atoms with Gasteiger partial charge in [-0.05, 0) is 18.2 Å².